The highest BCUT2D eigenvalue weighted by Crippen LogP contribution is 2.57. The minimum Gasteiger partial charge on any atom is -0.334 e. The van der Waals surface area contributed by atoms with Crippen molar-refractivity contribution in [3.8, 4) is 22.3 Å². The lowest BCUT2D eigenvalue weighted by atomic mass is 9.67. The van der Waals surface area contributed by atoms with Crippen LogP contribution in [0.15, 0.2) is 261 Å². The average molecular weight is 878 g/mol. The van der Waals surface area contributed by atoms with Gasteiger partial charge in [0.15, 0.2) is 8.07 Å². The molecule has 0 aliphatic heterocycles. The maximum Gasteiger partial charge on any atom is 0.179 e. The summed E-state index contributed by atoms with van der Waals surface area (Å²) in [6.07, 6.45) is 9.95. The number of hydrogen-bond acceptors (Lipinski definition) is 1. The zero-order valence-electron chi connectivity index (χ0n) is 38.6. The number of rotatable bonds is 10. The van der Waals surface area contributed by atoms with E-state index in [1.54, 1.807) is 0 Å². The van der Waals surface area contributed by atoms with Gasteiger partial charge in [-0.05, 0) is 107 Å². The van der Waals surface area contributed by atoms with Crippen molar-refractivity contribution in [2.45, 2.75) is 44.1 Å². The van der Waals surface area contributed by atoms with Crippen molar-refractivity contribution in [3.05, 3.63) is 289 Å². The van der Waals surface area contributed by atoms with E-state index in [1.807, 2.05) is 0 Å². The Morgan fingerprint density at radius 2 is 0.910 bits per heavy atom. The van der Waals surface area contributed by atoms with Gasteiger partial charge in [0.2, 0.25) is 0 Å². The summed E-state index contributed by atoms with van der Waals surface area (Å²) in [4.78, 5) is 2.55. The van der Waals surface area contributed by atoms with Gasteiger partial charge in [0.1, 0.15) is 0 Å². The van der Waals surface area contributed by atoms with E-state index in [-0.39, 0.29) is 11.5 Å². The summed E-state index contributed by atoms with van der Waals surface area (Å²) >= 11 is 0. The van der Waals surface area contributed by atoms with Crippen molar-refractivity contribution in [2.24, 2.45) is 0 Å². The summed E-state index contributed by atoms with van der Waals surface area (Å²) in [7, 11) is -2.62. The van der Waals surface area contributed by atoms with Crippen LogP contribution in [0.1, 0.15) is 55.0 Å². The van der Waals surface area contributed by atoms with Crippen LogP contribution in [0.3, 0.4) is 0 Å². The van der Waals surface area contributed by atoms with E-state index in [0.717, 1.165) is 6.42 Å². The molecule has 2 unspecified atom stereocenters. The normalized spacial score (nSPS) is 16.3. The first-order valence-electron chi connectivity index (χ1n) is 23.8. The molecule has 0 amide bonds. The number of anilines is 2. The first-order chi connectivity index (χ1) is 32.9. The SMILES string of the molecule is CC(C)(C)c1ccc(C2(c3ccccc3)c3ccccc3-c3ccc(N(c4ccc(-c5ccc([Si](c6ccccc6)(c6ccccc6)c6ccccc6)cc5)cc4)C4C=CC=CC4)cc32)cc1. The highest BCUT2D eigenvalue weighted by molar-refractivity contribution is 7.19. The van der Waals surface area contributed by atoms with Crippen molar-refractivity contribution >= 4 is 40.2 Å². The molecule has 2 aliphatic rings. The van der Waals surface area contributed by atoms with Crippen LogP contribution in [0, 0.1) is 0 Å². The number of nitrogens with zero attached hydrogens (tertiary/aromatic N) is 1. The topological polar surface area (TPSA) is 3.24 Å². The molecule has 0 spiro atoms. The Morgan fingerprint density at radius 3 is 1.46 bits per heavy atom. The maximum atomic E-state index is 2.55. The van der Waals surface area contributed by atoms with Crippen LogP contribution in [0.4, 0.5) is 11.4 Å². The molecule has 2 atom stereocenters. The van der Waals surface area contributed by atoms with Gasteiger partial charge in [0.05, 0.1) is 11.5 Å². The fourth-order valence-electron chi connectivity index (χ4n) is 11.2. The average Bonchev–Trinajstić information content (AvgIpc) is 3.69. The van der Waals surface area contributed by atoms with Crippen molar-refractivity contribution in [3.63, 3.8) is 0 Å². The molecule has 1 nitrogen and oxygen atoms in total. The van der Waals surface area contributed by atoms with Crippen molar-refractivity contribution in [1.82, 2.24) is 0 Å². The van der Waals surface area contributed by atoms with E-state index < -0.39 is 13.5 Å². The molecule has 0 saturated carbocycles. The van der Waals surface area contributed by atoms with Gasteiger partial charge in [0, 0.05) is 11.4 Å². The molecule has 2 heteroatoms. The summed E-state index contributed by atoms with van der Waals surface area (Å²) in [6, 6.07) is 89.3. The lowest BCUT2D eigenvalue weighted by Crippen LogP contribution is -2.74. The maximum absolute atomic E-state index is 2.62. The van der Waals surface area contributed by atoms with Gasteiger partial charge in [0.25, 0.3) is 0 Å². The summed E-state index contributed by atoms with van der Waals surface area (Å²) in [5.74, 6) is 0. The Morgan fingerprint density at radius 1 is 0.433 bits per heavy atom. The Balaban J connectivity index is 1.01. The highest BCUT2D eigenvalue weighted by Gasteiger charge is 2.47. The lowest BCUT2D eigenvalue weighted by Gasteiger charge is -2.36. The molecule has 0 fully saturated rings. The summed E-state index contributed by atoms with van der Waals surface area (Å²) < 4.78 is 0. The predicted octanol–water partition coefficient (Wildman–Crippen LogP) is 13.4. The first-order valence-corrected chi connectivity index (χ1v) is 25.8. The van der Waals surface area contributed by atoms with E-state index in [9.17, 15) is 0 Å². The fourth-order valence-corrected chi connectivity index (χ4v) is 15.9. The Hall–Kier alpha value is -7.52. The van der Waals surface area contributed by atoms with Gasteiger partial charge in [-0.25, -0.2) is 0 Å². The highest BCUT2D eigenvalue weighted by atomic mass is 28.3. The van der Waals surface area contributed by atoms with Gasteiger partial charge in [-0.1, -0.05) is 257 Å². The van der Waals surface area contributed by atoms with E-state index >= 15 is 0 Å². The molecule has 9 aromatic rings. The monoisotopic (exact) mass is 877 g/mol. The van der Waals surface area contributed by atoms with Crippen LogP contribution < -0.4 is 25.6 Å². The zero-order chi connectivity index (χ0) is 45.4. The molecular weight excluding hydrogens is 823 g/mol. The Labute approximate surface area is 398 Å². The molecule has 11 rings (SSSR count). The van der Waals surface area contributed by atoms with Crippen LogP contribution in [-0.2, 0) is 10.8 Å². The van der Waals surface area contributed by atoms with E-state index in [4.69, 9.17) is 0 Å². The van der Waals surface area contributed by atoms with Crippen molar-refractivity contribution in [2.75, 3.05) is 4.90 Å². The standard InChI is InChI=1S/C65H55NSi/c1-64(2,3)50-37-39-52(40-38-50)65(51-21-9-4-10-22-51)62-32-20-19-31-60(62)61-46-43-55(47-63(61)65)66(53-23-11-5-12-24-53)54-41-33-48(34-42-54)49-35-44-59(45-36-49)67(56-25-13-6-14-26-56,57-27-15-7-16-28-57)58-29-17-8-18-30-58/h4-23,25-47,53H,24H2,1-3H3. The molecular formula is C65H55NSi. The second-order valence-corrected chi connectivity index (χ2v) is 23.0. The second-order valence-electron chi connectivity index (χ2n) is 19.2. The second kappa shape index (κ2) is 17.4. The first kappa shape index (κ1) is 42.1. The molecule has 9 aromatic carbocycles. The van der Waals surface area contributed by atoms with Gasteiger partial charge in [-0.2, -0.15) is 0 Å². The van der Waals surface area contributed by atoms with Crippen LogP contribution in [0.2, 0.25) is 0 Å². The third-order valence-corrected chi connectivity index (χ3v) is 19.2. The van der Waals surface area contributed by atoms with E-state index in [2.05, 4.69) is 287 Å². The molecule has 0 aromatic heterocycles. The third-order valence-electron chi connectivity index (χ3n) is 14.4. The summed E-state index contributed by atoms with van der Waals surface area (Å²) in [6.45, 7) is 6.89. The molecule has 0 saturated heterocycles. The molecule has 0 N–H and O–H groups in total. The molecule has 0 radical (unpaired) electrons. The molecule has 0 bridgehead atoms. The van der Waals surface area contributed by atoms with Crippen LogP contribution in [-0.4, -0.2) is 14.1 Å². The Kier molecular flexibility index (Phi) is 10.9. The van der Waals surface area contributed by atoms with Crippen LogP contribution >= 0.6 is 0 Å². The third kappa shape index (κ3) is 7.24. The Bertz CT molecular complexity index is 3110. The zero-order valence-corrected chi connectivity index (χ0v) is 39.6. The van der Waals surface area contributed by atoms with Crippen molar-refractivity contribution in [1.29, 1.82) is 0 Å². The minimum atomic E-state index is -2.62. The lowest BCUT2D eigenvalue weighted by molar-refractivity contribution is 0.589. The predicted molar refractivity (Wildman–Crippen MR) is 287 cm³/mol. The van der Waals surface area contributed by atoms with Crippen molar-refractivity contribution < 1.29 is 0 Å². The van der Waals surface area contributed by atoms with Gasteiger partial charge in [-0.15, -0.1) is 0 Å². The molecule has 0 heterocycles. The number of hydrogen-bond donors (Lipinski definition) is 0. The summed E-state index contributed by atoms with van der Waals surface area (Å²) in [5, 5.41) is 5.51. The number of allylic oxidation sites excluding steroid dienone is 2. The van der Waals surface area contributed by atoms with E-state index in [1.165, 1.54) is 82.2 Å². The summed E-state index contributed by atoms with van der Waals surface area (Å²) in [5.41, 5.74) is 13.5. The fraction of sp³-hybridized carbons (Fsp3) is 0.108. The molecule has 67 heavy (non-hydrogen) atoms. The smallest absolute Gasteiger partial charge is 0.179 e. The van der Waals surface area contributed by atoms with Gasteiger partial charge in [-0.3, -0.25) is 0 Å². The molecule has 324 valence electrons. The van der Waals surface area contributed by atoms with Crippen LogP contribution in [0.5, 0.6) is 0 Å². The minimum absolute atomic E-state index is 0.0547. The quantitative estimate of drug-likeness (QED) is 0.0977. The van der Waals surface area contributed by atoms with Gasteiger partial charge < -0.3 is 4.90 Å². The van der Waals surface area contributed by atoms with Gasteiger partial charge >= 0.3 is 0 Å². The number of fused-ring (bicyclic) bond motifs is 3. The largest absolute Gasteiger partial charge is 0.334 e. The van der Waals surface area contributed by atoms with Crippen LogP contribution in [0.25, 0.3) is 22.3 Å². The molecule has 2 aliphatic carbocycles. The van der Waals surface area contributed by atoms with E-state index in [0.29, 0.717) is 0 Å². The number of benzene rings is 9.